The lowest BCUT2D eigenvalue weighted by Crippen LogP contribution is -2.70. The first-order valence-electron chi connectivity index (χ1n) is 7.63. The number of rotatable bonds is 5. The zero-order valence-corrected chi connectivity index (χ0v) is 14.9. The van der Waals surface area contributed by atoms with Gasteiger partial charge in [0, 0.05) is 10.6 Å². The van der Waals surface area contributed by atoms with Gasteiger partial charge >= 0.3 is 5.97 Å². The number of hydrogen-bond acceptors (Lipinski definition) is 5. The van der Waals surface area contributed by atoms with E-state index in [1.54, 1.807) is 0 Å². The molecule has 2 atom stereocenters. The molecule has 1 aromatic heterocycles. The molecule has 1 aromatic rings. The zero-order chi connectivity index (χ0) is 17.4. The summed E-state index contributed by atoms with van der Waals surface area (Å²) in [6.07, 6.45) is 0.234. The second-order valence-corrected chi connectivity index (χ2v) is 8.18. The fourth-order valence-corrected chi connectivity index (χ4v) is 5.14. The first-order valence-corrected chi connectivity index (χ1v) is 9.55. The summed E-state index contributed by atoms with van der Waals surface area (Å²) in [4.78, 5) is 38.4. The third kappa shape index (κ3) is 2.95. The van der Waals surface area contributed by atoms with E-state index in [2.05, 4.69) is 5.32 Å². The molecule has 1 unspecified atom stereocenters. The van der Waals surface area contributed by atoms with Crippen LogP contribution in [0.5, 0.6) is 0 Å². The molecular formula is C16H18N2O4S2. The van der Waals surface area contributed by atoms with E-state index in [-0.39, 0.29) is 35.2 Å². The second-order valence-electron chi connectivity index (χ2n) is 6.04. The normalized spacial score (nSPS) is 23.1. The number of carboxylic acid groups (broad SMARTS) is 1. The van der Waals surface area contributed by atoms with E-state index in [4.69, 9.17) is 0 Å². The van der Waals surface area contributed by atoms with Gasteiger partial charge in [-0.2, -0.15) is 0 Å². The summed E-state index contributed by atoms with van der Waals surface area (Å²) in [6.45, 7) is 3.84. The Morgan fingerprint density at radius 2 is 2.21 bits per heavy atom. The van der Waals surface area contributed by atoms with Crippen LogP contribution in [-0.4, -0.2) is 45.0 Å². The van der Waals surface area contributed by atoms with Crippen LogP contribution in [0, 0.1) is 5.92 Å². The topological polar surface area (TPSA) is 86.7 Å². The Balaban J connectivity index is 1.72. The summed E-state index contributed by atoms with van der Waals surface area (Å²) < 4.78 is 0. The van der Waals surface area contributed by atoms with Crippen molar-refractivity contribution in [3.05, 3.63) is 33.7 Å². The van der Waals surface area contributed by atoms with E-state index < -0.39 is 12.0 Å². The zero-order valence-electron chi connectivity index (χ0n) is 13.3. The van der Waals surface area contributed by atoms with Gasteiger partial charge in [0.25, 0.3) is 5.91 Å². The molecule has 2 aliphatic rings. The van der Waals surface area contributed by atoms with Crippen LogP contribution < -0.4 is 5.32 Å². The van der Waals surface area contributed by atoms with Crippen LogP contribution in [0.15, 0.2) is 28.8 Å². The van der Waals surface area contributed by atoms with Gasteiger partial charge in [-0.05, 0) is 22.9 Å². The number of thiophene rings is 1. The number of fused-ring (bicyclic) bond motifs is 1. The van der Waals surface area contributed by atoms with Crippen LogP contribution in [0.4, 0.5) is 0 Å². The molecule has 3 rings (SSSR count). The molecular weight excluding hydrogens is 348 g/mol. The molecule has 8 heteroatoms. The molecule has 0 bridgehead atoms. The second kappa shape index (κ2) is 6.60. The molecule has 0 aromatic carbocycles. The van der Waals surface area contributed by atoms with E-state index in [0.717, 1.165) is 10.5 Å². The molecule has 0 saturated carbocycles. The van der Waals surface area contributed by atoms with Gasteiger partial charge < -0.3 is 10.4 Å². The molecule has 1 saturated heterocycles. The molecule has 0 aliphatic carbocycles. The predicted molar refractivity (Wildman–Crippen MR) is 92.5 cm³/mol. The van der Waals surface area contributed by atoms with E-state index in [1.165, 1.54) is 28.0 Å². The minimum absolute atomic E-state index is 0.0600. The van der Waals surface area contributed by atoms with E-state index >= 15 is 0 Å². The van der Waals surface area contributed by atoms with Crippen molar-refractivity contribution in [3.63, 3.8) is 0 Å². The standard InChI is InChI=1S/C16H18N2O4S2/c1-8(2)10-7-24-15-12(14(20)18(15)13(10)16(21)22)17-11(19)6-9-4-3-5-23-9/h3-5,8,12,15H,6-7H2,1-2H3,(H,17,19)(H,21,22)/t12?,15-/m0/s1. The number of carbonyl (C=O) groups excluding carboxylic acids is 2. The molecule has 2 N–H and O–H groups in total. The van der Waals surface area contributed by atoms with Gasteiger partial charge in [0.1, 0.15) is 17.1 Å². The highest BCUT2D eigenvalue weighted by molar-refractivity contribution is 8.00. The number of β-lactam (4-membered cyclic amide) rings is 1. The maximum atomic E-state index is 12.4. The summed E-state index contributed by atoms with van der Waals surface area (Å²) in [5.74, 6) is -1.02. The van der Waals surface area contributed by atoms with Crippen LogP contribution >= 0.6 is 23.1 Å². The predicted octanol–water partition coefficient (Wildman–Crippen LogP) is 1.69. The minimum Gasteiger partial charge on any atom is -0.477 e. The Morgan fingerprint density at radius 3 is 2.79 bits per heavy atom. The van der Waals surface area contributed by atoms with Crippen LogP contribution in [0.3, 0.4) is 0 Å². The highest BCUT2D eigenvalue weighted by Crippen LogP contribution is 2.42. The van der Waals surface area contributed by atoms with Crippen LogP contribution in [0.25, 0.3) is 0 Å². The molecule has 0 radical (unpaired) electrons. The van der Waals surface area contributed by atoms with Gasteiger partial charge in [-0.3, -0.25) is 14.5 Å². The van der Waals surface area contributed by atoms with E-state index in [9.17, 15) is 19.5 Å². The molecule has 0 spiro atoms. The number of carboxylic acids is 1. The first kappa shape index (κ1) is 17.0. The average molecular weight is 366 g/mol. The third-order valence-electron chi connectivity index (χ3n) is 4.13. The van der Waals surface area contributed by atoms with Crippen molar-refractivity contribution >= 4 is 40.9 Å². The highest BCUT2D eigenvalue weighted by Gasteiger charge is 2.54. The number of aliphatic carboxylic acids is 1. The molecule has 1 fully saturated rings. The summed E-state index contributed by atoms with van der Waals surface area (Å²) in [7, 11) is 0. The number of hydrogen-bond donors (Lipinski definition) is 2. The van der Waals surface area contributed by atoms with Crippen LogP contribution in [0.2, 0.25) is 0 Å². The lowest BCUT2D eigenvalue weighted by atomic mass is 9.97. The molecule has 24 heavy (non-hydrogen) atoms. The third-order valence-corrected chi connectivity index (χ3v) is 6.31. The van der Waals surface area contributed by atoms with Crippen molar-refractivity contribution in [2.24, 2.45) is 5.92 Å². The Kier molecular flexibility index (Phi) is 4.69. The van der Waals surface area contributed by atoms with Gasteiger partial charge in [-0.15, -0.1) is 23.1 Å². The smallest absolute Gasteiger partial charge is 0.352 e. The van der Waals surface area contributed by atoms with Crippen molar-refractivity contribution in [1.29, 1.82) is 0 Å². The highest BCUT2D eigenvalue weighted by atomic mass is 32.2. The minimum atomic E-state index is -1.08. The lowest BCUT2D eigenvalue weighted by molar-refractivity contribution is -0.150. The van der Waals surface area contributed by atoms with Crippen LogP contribution in [0.1, 0.15) is 18.7 Å². The van der Waals surface area contributed by atoms with Gasteiger partial charge in [0.15, 0.2) is 0 Å². The SMILES string of the molecule is CC(C)C1=C(C(=O)O)N2C(=O)C(NC(=O)Cc3cccs3)[C@@H]2SC1. The lowest BCUT2D eigenvalue weighted by Gasteiger charge is -2.50. The first-order chi connectivity index (χ1) is 11.4. The van der Waals surface area contributed by atoms with E-state index in [1.807, 2.05) is 31.4 Å². The summed E-state index contributed by atoms with van der Waals surface area (Å²) in [6, 6.07) is 3.09. The van der Waals surface area contributed by atoms with Gasteiger partial charge in [0.05, 0.1) is 6.42 Å². The number of nitrogens with one attached hydrogen (secondary N) is 1. The van der Waals surface area contributed by atoms with Crippen molar-refractivity contribution in [1.82, 2.24) is 10.2 Å². The molecule has 6 nitrogen and oxygen atoms in total. The van der Waals surface area contributed by atoms with Gasteiger partial charge in [-0.1, -0.05) is 19.9 Å². The largest absolute Gasteiger partial charge is 0.477 e. The van der Waals surface area contributed by atoms with Gasteiger partial charge in [0.2, 0.25) is 5.91 Å². The average Bonchev–Trinajstić information content (AvgIpc) is 3.03. The van der Waals surface area contributed by atoms with Crippen molar-refractivity contribution in [2.45, 2.75) is 31.7 Å². The Bertz CT molecular complexity index is 712. The maximum Gasteiger partial charge on any atom is 0.352 e. The fourth-order valence-electron chi connectivity index (χ4n) is 2.88. The Hall–Kier alpha value is -1.80. The van der Waals surface area contributed by atoms with Crippen molar-refractivity contribution < 1.29 is 19.5 Å². The number of amides is 2. The Labute approximate surface area is 147 Å². The summed E-state index contributed by atoms with van der Waals surface area (Å²) in [5.41, 5.74) is 0.850. The number of thioether (sulfide) groups is 1. The maximum absolute atomic E-state index is 12.4. The fraction of sp³-hybridized carbons (Fsp3) is 0.438. The quantitative estimate of drug-likeness (QED) is 0.775. The molecule has 2 amide bonds. The Morgan fingerprint density at radius 1 is 1.46 bits per heavy atom. The molecule has 2 aliphatic heterocycles. The van der Waals surface area contributed by atoms with Crippen molar-refractivity contribution in [3.8, 4) is 0 Å². The van der Waals surface area contributed by atoms with Gasteiger partial charge in [-0.25, -0.2) is 4.79 Å². The van der Waals surface area contributed by atoms with E-state index in [0.29, 0.717) is 5.75 Å². The monoisotopic (exact) mass is 366 g/mol. The number of carbonyl (C=O) groups is 3. The van der Waals surface area contributed by atoms with Crippen molar-refractivity contribution in [2.75, 3.05) is 5.75 Å². The summed E-state index contributed by atoms with van der Waals surface area (Å²) in [5, 5.41) is 13.8. The molecule has 3 heterocycles. The number of nitrogens with zero attached hydrogens (tertiary/aromatic N) is 1. The summed E-state index contributed by atoms with van der Waals surface area (Å²) >= 11 is 2.99. The van der Waals surface area contributed by atoms with Crippen LogP contribution in [-0.2, 0) is 20.8 Å². The molecule has 128 valence electrons.